The number of nitrogens with one attached hydrogen (secondary N) is 1. The summed E-state index contributed by atoms with van der Waals surface area (Å²) in [5.41, 5.74) is 0.707. The van der Waals surface area contributed by atoms with Crippen molar-refractivity contribution < 1.29 is 23.5 Å². The smallest absolute Gasteiger partial charge is 0.414 e. The summed E-state index contributed by atoms with van der Waals surface area (Å²) in [5.74, 6) is -1.34. The zero-order valence-electron chi connectivity index (χ0n) is 16.0. The highest BCUT2D eigenvalue weighted by molar-refractivity contribution is 6.76. The molecule has 1 aromatic rings. The van der Waals surface area contributed by atoms with Gasteiger partial charge in [-0.3, -0.25) is 14.5 Å². The molecule has 2 aliphatic heterocycles. The number of piperazine rings is 1. The lowest BCUT2D eigenvalue weighted by atomic mass is 10.2. The fraction of sp³-hybridized carbons (Fsp3) is 0.500. The predicted molar refractivity (Wildman–Crippen MR) is 112 cm³/mol. The largest absolute Gasteiger partial charge is 0.442 e. The first-order valence-corrected chi connectivity index (χ1v) is 10.3. The number of nitrogens with zero attached hydrogens (tertiary/aromatic N) is 3. The highest BCUT2D eigenvalue weighted by Crippen LogP contribution is 2.31. The zero-order valence-corrected chi connectivity index (χ0v) is 18.3. The van der Waals surface area contributed by atoms with Crippen LogP contribution in [0.25, 0.3) is 0 Å². The van der Waals surface area contributed by atoms with Gasteiger partial charge in [-0.25, -0.2) is 9.18 Å². The van der Waals surface area contributed by atoms with Crippen LogP contribution in [0.3, 0.4) is 0 Å². The number of carbonyl (C=O) groups is 3. The number of hydrogen-bond acceptors (Lipinski definition) is 5. The van der Waals surface area contributed by atoms with Gasteiger partial charge in [-0.15, -0.1) is 0 Å². The number of cyclic esters (lactones) is 1. The predicted octanol–water partition coefficient (Wildman–Crippen LogP) is 2.31. The van der Waals surface area contributed by atoms with Crippen molar-refractivity contribution in [2.24, 2.45) is 0 Å². The number of hydrogen-bond donors (Lipinski definition) is 1. The van der Waals surface area contributed by atoms with E-state index >= 15 is 0 Å². The lowest BCUT2D eigenvalue weighted by Gasteiger charge is -2.37. The molecule has 12 heteroatoms. The first kappa shape index (κ1) is 22.7. The SMILES string of the molecule is CC(=O)NC[C@H]1CN(c2ccc(N3CCN(C(=O)C(Cl)(Cl)Cl)CC3)c(F)c2)C(=O)O1. The highest BCUT2D eigenvalue weighted by Gasteiger charge is 2.37. The minimum atomic E-state index is -2.02. The Morgan fingerprint density at radius 2 is 1.90 bits per heavy atom. The van der Waals surface area contributed by atoms with E-state index < -0.39 is 27.7 Å². The molecule has 2 saturated heterocycles. The van der Waals surface area contributed by atoms with E-state index in [0.29, 0.717) is 24.5 Å². The topological polar surface area (TPSA) is 82.2 Å². The average Bonchev–Trinajstić information content (AvgIpc) is 3.06. The van der Waals surface area contributed by atoms with Gasteiger partial charge >= 0.3 is 6.09 Å². The maximum Gasteiger partial charge on any atom is 0.414 e. The Hall–Kier alpha value is -1.97. The van der Waals surface area contributed by atoms with E-state index in [0.717, 1.165) is 0 Å². The van der Waals surface area contributed by atoms with Crippen LogP contribution in [-0.2, 0) is 14.3 Å². The maximum atomic E-state index is 14.8. The zero-order chi connectivity index (χ0) is 22.1. The lowest BCUT2D eigenvalue weighted by molar-refractivity contribution is -0.130. The van der Waals surface area contributed by atoms with Crippen LogP contribution in [0.15, 0.2) is 18.2 Å². The Kier molecular flexibility index (Phi) is 6.84. The number of carbonyl (C=O) groups excluding carboxylic acids is 3. The van der Waals surface area contributed by atoms with Crippen molar-refractivity contribution in [3.8, 4) is 0 Å². The maximum absolute atomic E-state index is 14.8. The average molecular weight is 482 g/mol. The lowest BCUT2D eigenvalue weighted by Crippen LogP contribution is -2.52. The molecule has 8 nitrogen and oxygen atoms in total. The molecule has 0 aromatic heterocycles. The first-order valence-electron chi connectivity index (χ1n) is 9.19. The quantitative estimate of drug-likeness (QED) is 0.668. The first-order chi connectivity index (χ1) is 14.1. The summed E-state index contributed by atoms with van der Waals surface area (Å²) in [7, 11) is 0. The van der Waals surface area contributed by atoms with Crippen LogP contribution < -0.4 is 15.1 Å². The van der Waals surface area contributed by atoms with Gasteiger partial charge in [0.15, 0.2) is 0 Å². The Bertz CT molecular complexity index is 843. The van der Waals surface area contributed by atoms with Crippen LogP contribution in [-0.4, -0.2) is 72.0 Å². The second-order valence-corrected chi connectivity index (χ2v) is 9.25. The number of halogens is 4. The third kappa shape index (κ3) is 5.19. The monoisotopic (exact) mass is 480 g/mol. The van der Waals surface area contributed by atoms with Crippen LogP contribution in [0.1, 0.15) is 6.92 Å². The van der Waals surface area contributed by atoms with Gasteiger partial charge in [-0.1, -0.05) is 34.8 Å². The molecule has 0 spiro atoms. The van der Waals surface area contributed by atoms with Crippen LogP contribution in [0, 0.1) is 5.82 Å². The Morgan fingerprint density at radius 3 is 2.47 bits per heavy atom. The molecule has 0 bridgehead atoms. The molecule has 164 valence electrons. The number of amides is 3. The van der Waals surface area contributed by atoms with Crippen LogP contribution >= 0.6 is 34.8 Å². The normalized spacial score (nSPS) is 19.7. The van der Waals surface area contributed by atoms with Crippen LogP contribution in [0.5, 0.6) is 0 Å². The fourth-order valence-corrected chi connectivity index (χ4v) is 3.70. The minimum absolute atomic E-state index is 0.190. The van der Waals surface area contributed by atoms with Crippen molar-refractivity contribution in [3.63, 3.8) is 0 Å². The third-order valence-electron chi connectivity index (χ3n) is 4.85. The molecular formula is C18H20Cl3FN4O4. The van der Waals surface area contributed by atoms with E-state index in [2.05, 4.69) is 5.32 Å². The van der Waals surface area contributed by atoms with Crippen molar-refractivity contribution in [1.29, 1.82) is 0 Å². The van der Waals surface area contributed by atoms with E-state index in [4.69, 9.17) is 39.5 Å². The van der Waals surface area contributed by atoms with Crippen molar-refractivity contribution in [2.45, 2.75) is 16.8 Å². The van der Waals surface area contributed by atoms with Gasteiger partial charge in [0.05, 0.1) is 24.5 Å². The van der Waals surface area contributed by atoms with Gasteiger partial charge in [0.25, 0.3) is 9.70 Å². The number of rotatable bonds is 4. The highest BCUT2D eigenvalue weighted by atomic mass is 35.6. The van der Waals surface area contributed by atoms with Gasteiger partial charge in [-0.2, -0.15) is 0 Å². The van der Waals surface area contributed by atoms with E-state index in [-0.39, 0.29) is 32.1 Å². The molecule has 0 aliphatic carbocycles. The van der Waals surface area contributed by atoms with Crippen molar-refractivity contribution in [1.82, 2.24) is 10.2 Å². The van der Waals surface area contributed by atoms with Crippen molar-refractivity contribution in [3.05, 3.63) is 24.0 Å². The van der Waals surface area contributed by atoms with E-state index in [1.807, 2.05) is 0 Å². The second-order valence-electron chi connectivity index (χ2n) is 6.97. The summed E-state index contributed by atoms with van der Waals surface area (Å²) in [6.45, 7) is 3.08. The van der Waals surface area contributed by atoms with Gasteiger partial charge in [-0.05, 0) is 18.2 Å². The fourth-order valence-electron chi connectivity index (χ4n) is 3.35. The number of benzene rings is 1. The molecule has 3 rings (SSSR count). The van der Waals surface area contributed by atoms with Crippen LogP contribution in [0.2, 0.25) is 0 Å². The van der Waals surface area contributed by atoms with E-state index in [9.17, 15) is 18.8 Å². The summed E-state index contributed by atoms with van der Waals surface area (Å²) in [4.78, 5) is 39.7. The third-order valence-corrected chi connectivity index (χ3v) is 5.33. The van der Waals surface area contributed by atoms with Crippen molar-refractivity contribution in [2.75, 3.05) is 49.1 Å². The molecule has 1 aromatic carbocycles. The van der Waals surface area contributed by atoms with Gasteiger partial charge in [0.2, 0.25) is 5.91 Å². The molecule has 2 aliphatic rings. The van der Waals surface area contributed by atoms with Gasteiger partial charge in [0.1, 0.15) is 11.9 Å². The molecule has 1 N–H and O–H groups in total. The number of anilines is 2. The van der Waals surface area contributed by atoms with E-state index in [1.165, 1.54) is 22.8 Å². The molecule has 0 unspecified atom stereocenters. The van der Waals surface area contributed by atoms with Gasteiger partial charge < -0.3 is 19.9 Å². The molecule has 2 heterocycles. The number of alkyl halides is 3. The molecule has 1 atom stereocenters. The molecule has 30 heavy (non-hydrogen) atoms. The Morgan fingerprint density at radius 1 is 1.23 bits per heavy atom. The summed E-state index contributed by atoms with van der Waals surface area (Å²) < 4.78 is 18.0. The summed E-state index contributed by atoms with van der Waals surface area (Å²) in [5, 5.41) is 2.59. The summed E-state index contributed by atoms with van der Waals surface area (Å²) in [6, 6.07) is 4.46. The molecule has 0 saturated carbocycles. The van der Waals surface area contributed by atoms with Crippen LogP contribution in [0.4, 0.5) is 20.6 Å². The summed E-state index contributed by atoms with van der Waals surface area (Å²) in [6.07, 6.45) is -1.11. The Balaban J connectivity index is 1.63. The molecule has 0 radical (unpaired) electrons. The number of ether oxygens (including phenoxy) is 1. The Labute approximate surface area is 187 Å². The second kappa shape index (κ2) is 9.03. The van der Waals surface area contributed by atoms with Gasteiger partial charge in [0, 0.05) is 33.1 Å². The van der Waals surface area contributed by atoms with E-state index in [1.54, 1.807) is 17.0 Å². The van der Waals surface area contributed by atoms with Crippen molar-refractivity contribution >= 4 is 64.1 Å². The molecule has 2 fully saturated rings. The standard InChI is InChI=1S/C18H20Cl3FN4O4/c1-11(27)23-9-13-10-26(17(29)30-13)12-2-3-15(14(22)8-12)24-4-6-25(7-5-24)16(28)18(19,20)21/h2-3,8,13H,4-7,9-10H2,1H3,(H,23,27)/t13-/m0/s1. The molecular weight excluding hydrogens is 462 g/mol. The molecule has 3 amide bonds. The minimum Gasteiger partial charge on any atom is -0.442 e. The summed E-state index contributed by atoms with van der Waals surface area (Å²) >= 11 is 16.9.